The number of hydrogen-bond acceptors (Lipinski definition) is 3. The molecule has 0 unspecified atom stereocenters. The van der Waals surface area contributed by atoms with Crippen LogP contribution in [0.1, 0.15) is 26.2 Å². The minimum atomic E-state index is -0.864. The molecule has 6 heteroatoms. The maximum atomic E-state index is 12.5. The maximum absolute atomic E-state index is 12.5. The summed E-state index contributed by atoms with van der Waals surface area (Å²) in [7, 11) is 0. The third-order valence-electron chi connectivity index (χ3n) is 5.67. The second kappa shape index (κ2) is 6.34. The highest BCUT2D eigenvalue weighted by atomic mass is 16.4. The molecule has 0 aromatic heterocycles. The molecule has 3 aliphatic rings. The van der Waals surface area contributed by atoms with Crippen molar-refractivity contribution in [1.82, 2.24) is 10.2 Å². The average molecular weight is 320 g/mol. The molecule has 0 aromatic carbocycles. The molecule has 2 aliphatic carbocycles. The van der Waals surface area contributed by atoms with Gasteiger partial charge in [-0.2, -0.15) is 0 Å². The van der Waals surface area contributed by atoms with Gasteiger partial charge >= 0.3 is 5.97 Å². The Balaban J connectivity index is 1.51. The van der Waals surface area contributed by atoms with Crippen LogP contribution in [0.25, 0.3) is 0 Å². The van der Waals surface area contributed by atoms with Gasteiger partial charge < -0.3 is 15.3 Å². The number of nitrogens with zero attached hydrogens (tertiary/aromatic N) is 1. The molecule has 3 rings (SSSR count). The first-order valence-electron chi connectivity index (χ1n) is 8.41. The maximum Gasteiger partial charge on any atom is 0.307 e. The highest BCUT2D eigenvalue weighted by molar-refractivity contribution is 5.86. The molecule has 2 fully saturated rings. The summed E-state index contributed by atoms with van der Waals surface area (Å²) in [5.74, 6) is -1.45. The summed E-state index contributed by atoms with van der Waals surface area (Å²) >= 11 is 0. The SMILES string of the molecule is CC(=O)N1CCC(CNC(=O)[C@H]2[C@@H](C(=O)O)[C@H]3C=C[C@@H]2C3)CC1. The summed E-state index contributed by atoms with van der Waals surface area (Å²) in [6.07, 6.45) is 6.51. The van der Waals surface area contributed by atoms with Gasteiger partial charge in [0.25, 0.3) is 0 Å². The summed E-state index contributed by atoms with van der Waals surface area (Å²) in [5.41, 5.74) is 0. The van der Waals surface area contributed by atoms with Gasteiger partial charge in [0.15, 0.2) is 0 Å². The normalized spacial score (nSPS) is 33.0. The molecule has 2 bridgehead atoms. The van der Waals surface area contributed by atoms with Crippen LogP contribution in [-0.2, 0) is 14.4 Å². The van der Waals surface area contributed by atoms with E-state index in [0.717, 1.165) is 32.4 Å². The molecule has 0 radical (unpaired) electrons. The van der Waals surface area contributed by atoms with Gasteiger partial charge in [-0.1, -0.05) is 12.2 Å². The predicted molar refractivity (Wildman–Crippen MR) is 83.3 cm³/mol. The molecule has 1 saturated heterocycles. The van der Waals surface area contributed by atoms with Gasteiger partial charge in [0.2, 0.25) is 11.8 Å². The summed E-state index contributed by atoms with van der Waals surface area (Å²) in [5, 5.41) is 12.4. The number of hydrogen-bond donors (Lipinski definition) is 2. The van der Waals surface area contributed by atoms with Gasteiger partial charge in [-0.15, -0.1) is 0 Å². The lowest BCUT2D eigenvalue weighted by Crippen LogP contribution is -2.44. The monoisotopic (exact) mass is 320 g/mol. The summed E-state index contributed by atoms with van der Waals surface area (Å²) in [4.78, 5) is 37.1. The van der Waals surface area contributed by atoms with Crippen molar-refractivity contribution in [3.8, 4) is 0 Å². The van der Waals surface area contributed by atoms with Gasteiger partial charge in [0.1, 0.15) is 0 Å². The van der Waals surface area contributed by atoms with E-state index in [1.165, 1.54) is 0 Å². The lowest BCUT2D eigenvalue weighted by atomic mass is 9.82. The standard InChI is InChI=1S/C17H24N2O4/c1-10(20)19-6-4-11(5-7-19)9-18-16(21)14-12-2-3-13(8-12)15(14)17(22)23/h2-3,11-15H,4-9H2,1H3,(H,18,21)(H,22,23)/t12-,13+,14-,15+/m1/s1. The van der Waals surface area contributed by atoms with E-state index in [1.807, 2.05) is 17.1 Å². The number of allylic oxidation sites excluding steroid dienone is 2. The van der Waals surface area contributed by atoms with E-state index >= 15 is 0 Å². The molecule has 23 heavy (non-hydrogen) atoms. The van der Waals surface area contributed by atoms with E-state index in [2.05, 4.69) is 5.32 Å². The predicted octanol–water partition coefficient (Wildman–Crippen LogP) is 0.884. The zero-order chi connectivity index (χ0) is 16.6. The van der Waals surface area contributed by atoms with E-state index in [9.17, 15) is 19.5 Å². The fraction of sp³-hybridized carbons (Fsp3) is 0.706. The van der Waals surface area contributed by atoms with Crippen molar-refractivity contribution >= 4 is 17.8 Å². The third-order valence-corrected chi connectivity index (χ3v) is 5.67. The molecular formula is C17H24N2O4. The van der Waals surface area contributed by atoms with Crippen molar-refractivity contribution < 1.29 is 19.5 Å². The summed E-state index contributed by atoms with van der Waals surface area (Å²) < 4.78 is 0. The Kier molecular flexibility index (Phi) is 4.41. The number of amides is 2. The fourth-order valence-corrected chi connectivity index (χ4v) is 4.33. The van der Waals surface area contributed by atoms with Crippen molar-refractivity contribution in [1.29, 1.82) is 0 Å². The number of carboxylic acid groups (broad SMARTS) is 1. The lowest BCUT2D eigenvalue weighted by molar-refractivity contribution is -0.147. The molecule has 0 spiro atoms. The number of fused-ring (bicyclic) bond motifs is 2. The van der Waals surface area contributed by atoms with Crippen molar-refractivity contribution in [2.24, 2.45) is 29.6 Å². The number of carbonyl (C=O) groups is 3. The Bertz CT molecular complexity index is 537. The van der Waals surface area contributed by atoms with Crippen LogP contribution in [0.3, 0.4) is 0 Å². The summed E-state index contributed by atoms with van der Waals surface area (Å²) in [6, 6.07) is 0. The second-order valence-electron chi connectivity index (χ2n) is 7.03. The van der Waals surface area contributed by atoms with E-state index in [1.54, 1.807) is 6.92 Å². The first-order chi connectivity index (χ1) is 11.0. The van der Waals surface area contributed by atoms with E-state index in [4.69, 9.17) is 0 Å². The number of piperidine rings is 1. The van der Waals surface area contributed by atoms with Crippen LogP contribution in [0.4, 0.5) is 0 Å². The molecule has 4 atom stereocenters. The largest absolute Gasteiger partial charge is 0.481 e. The Hall–Kier alpha value is -1.85. The third kappa shape index (κ3) is 3.12. The van der Waals surface area contributed by atoms with Crippen molar-refractivity contribution in [2.75, 3.05) is 19.6 Å². The topological polar surface area (TPSA) is 86.7 Å². The number of carbonyl (C=O) groups excluding carboxylic acids is 2. The molecular weight excluding hydrogens is 296 g/mol. The van der Waals surface area contributed by atoms with E-state index in [0.29, 0.717) is 12.5 Å². The zero-order valence-electron chi connectivity index (χ0n) is 13.4. The number of aliphatic carboxylic acids is 1. The Morgan fingerprint density at radius 2 is 1.74 bits per heavy atom. The number of likely N-dealkylation sites (tertiary alicyclic amines) is 1. The van der Waals surface area contributed by atoms with Crippen LogP contribution in [0.5, 0.6) is 0 Å². The first kappa shape index (κ1) is 16.0. The van der Waals surface area contributed by atoms with Gasteiger partial charge in [0.05, 0.1) is 11.8 Å². The van der Waals surface area contributed by atoms with Gasteiger partial charge in [-0.05, 0) is 37.0 Å². The van der Waals surface area contributed by atoms with E-state index < -0.39 is 17.8 Å². The quantitative estimate of drug-likeness (QED) is 0.753. The molecule has 2 amide bonds. The Morgan fingerprint density at radius 1 is 1.13 bits per heavy atom. The van der Waals surface area contributed by atoms with Crippen LogP contribution in [0, 0.1) is 29.6 Å². The van der Waals surface area contributed by atoms with Crippen LogP contribution in [-0.4, -0.2) is 47.4 Å². The molecule has 126 valence electrons. The van der Waals surface area contributed by atoms with Crippen LogP contribution in [0.2, 0.25) is 0 Å². The number of carboxylic acids is 1. The first-order valence-corrected chi connectivity index (χ1v) is 8.41. The summed E-state index contributed by atoms with van der Waals surface area (Å²) in [6.45, 7) is 3.64. The zero-order valence-corrected chi connectivity index (χ0v) is 13.4. The highest BCUT2D eigenvalue weighted by Crippen LogP contribution is 2.48. The Morgan fingerprint density at radius 3 is 2.30 bits per heavy atom. The molecule has 1 heterocycles. The second-order valence-corrected chi connectivity index (χ2v) is 7.03. The number of rotatable bonds is 4. The smallest absolute Gasteiger partial charge is 0.307 e. The van der Waals surface area contributed by atoms with Gasteiger partial charge in [-0.3, -0.25) is 14.4 Å². The fourth-order valence-electron chi connectivity index (χ4n) is 4.33. The highest BCUT2D eigenvalue weighted by Gasteiger charge is 2.51. The van der Waals surface area contributed by atoms with E-state index in [-0.39, 0.29) is 23.7 Å². The van der Waals surface area contributed by atoms with Gasteiger partial charge in [-0.25, -0.2) is 0 Å². The lowest BCUT2D eigenvalue weighted by Gasteiger charge is -2.32. The molecule has 1 saturated carbocycles. The van der Waals surface area contributed by atoms with Crippen molar-refractivity contribution in [3.05, 3.63) is 12.2 Å². The Labute approximate surface area is 135 Å². The van der Waals surface area contributed by atoms with Crippen LogP contribution in [0.15, 0.2) is 12.2 Å². The number of nitrogens with one attached hydrogen (secondary N) is 1. The average Bonchev–Trinajstić information content (AvgIpc) is 3.13. The minimum absolute atomic E-state index is 0.00653. The molecule has 1 aliphatic heterocycles. The molecule has 6 nitrogen and oxygen atoms in total. The van der Waals surface area contributed by atoms with Crippen LogP contribution < -0.4 is 5.32 Å². The molecule has 2 N–H and O–H groups in total. The van der Waals surface area contributed by atoms with Gasteiger partial charge in [0, 0.05) is 26.6 Å². The van der Waals surface area contributed by atoms with Crippen molar-refractivity contribution in [2.45, 2.75) is 26.2 Å². The molecule has 0 aromatic rings. The minimum Gasteiger partial charge on any atom is -0.481 e. The van der Waals surface area contributed by atoms with Crippen molar-refractivity contribution in [3.63, 3.8) is 0 Å². The van der Waals surface area contributed by atoms with Crippen LogP contribution >= 0.6 is 0 Å².